The highest BCUT2D eigenvalue weighted by atomic mass is 19.2. The number of halogens is 4. The van der Waals surface area contributed by atoms with Crippen LogP contribution in [-0.4, -0.2) is 38.7 Å². The van der Waals surface area contributed by atoms with Crippen molar-refractivity contribution in [3.8, 4) is 0 Å². The molecule has 38 heavy (non-hydrogen) atoms. The molecule has 196 valence electrons. The number of hydrogen-bond acceptors (Lipinski definition) is 7. The molecule has 3 heterocycles. The third-order valence-corrected chi connectivity index (χ3v) is 5.81. The van der Waals surface area contributed by atoms with E-state index >= 15 is 0 Å². The van der Waals surface area contributed by atoms with Crippen LogP contribution in [-0.2, 0) is 27.2 Å². The molecule has 0 bridgehead atoms. The van der Waals surface area contributed by atoms with Crippen molar-refractivity contribution in [2.24, 2.45) is 14.1 Å². The molecule has 2 aromatic carbocycles. The Hall–Kier alpha value is -4.82. The summed E-state index contributed by atoms with van der Waals surface area (Å²) in [6.45, 7) is 0.594. The van der Waals surface area contributed by atoms with Crippen LogP contribution in [0.3, 0.4) is 0 Å². The van der Waals surface area contributed by atoms with Gasteiger partial charge in [0.15, 0.2) is 29.1 Å². The lowest BCUT2D eigenvalue weighted by molar-refractivity contribution is 0.401. The monoisotopic (exact) mass is 529 g/mol. The van der Waals surface area contributed by atoms with Crippen LogP contribution in [0.5, 0.6) is 0 Å². The van der Waals surface area contributed by atoms with Crippen molar-refractivity contribution < 1.29 is 17.6 Å². The highest BCUT2D eigenvalue weighted by Gasteiger charge is 2.22. The van der Waals surface area contributed by atoms with E-state index in [1.165, 1.54) is 11.0 Å². The molecule has 15 heteroatoms. The Morgan fingerprint density at radius 1 is 0.895 bits per heavy atom. The van der Waals surface area contributed by atoms with Gasteiger partial charge in [-0.05, 0) is 30.7 Å². The summed E-state index contributed by atoms with van der Waals surface area (Å²) in [4.78, 5) is 34.2. The number of fused-ring (bicyclic) bond motifs is 1. The van der Waals surface area contributed by atoms with Crippen LogP contribution in [0, 0.1) is 30.2 Å². The fourth-order valence-electron chi connectivity index (χ4n) is 3.96. The normalized spacial score (nSPS) is 11.4. The molecular formula is C23H19F4N9O2. The van der Waals surface area contributed by atoms with E-state index in [0.29, 0.717) is 27.4 Å². The van der Waals surface area contributed by atoms with Crippen LogP contribution in [0.1, 0.15) is 17.0 Å². The van der Waals surface area contributed by atoms with Crippen LogP contribution in [0.4, 0.5) is 29.2 Å². The zero-order chi connectivity index (χ0) is 27.3. The van der Waals surface area contributed by atoms with Gasteiger partial charge < -0.3 is 5.32 Å². The van der Waals surface area contributed by atoms with Crippen molar-refractivity contribution in [3.05, 3.63) is 91.9 Å². The third kappa shape index (κ3) is 4.42. The predicted molar refractivity (Wildman–Crippen MR) is 127 cm³/mol. The average Bonchev–Trinajstić information content (AvgIpc) is 3.44. The molecule has 0 aliphatic rings. The summed E-state index contributed by atoms with van der Waals surface area (Å²) in [5.74, 6) is -7.55. The minimum absolute atomic E-state index is 0.115. The second kappa shape index (κ2) is 9.24. The zero-order valence-electron chi connectivity index (χ0n) is 20.2. The zero-order valence-corrected chi connectivity index (χ0v) is 20.2. The molecule has 0 radical (unpaired) electrons. The Labute approximate surface area is 210 Å². The molecule has 0 amide bonds. The molecule has 0 aliphatic carbocycles. The van der Waals surface area contributed by atoms with Gasteiger partial charge in [-0.15, -0.1) is 0 Å². The first-order valence-electron chi connectivity index (χ1n) is 11.1. The number of anilines is 2. The molecule has 11 nitrogen and oxygen atoms in total. The van der Waals surface area contributed by atoms with Crippen LogP contribution in [0.15, 0.2) is 40.3 Å². The van der Waals surface area contributed by atoms with Crippen molar-refractivity contribution in [2.45, 2.75) is 20.0 Å². The van der Waals surface area contributed by atoms with E-state index in [0.717, 1.165) is 9.95 Å². The molecule has 0 saturated carbocycles. The molecular weight excluding hydrogens is 510 g/mol. The lowest BCUT2D eigenvalue weighted by Crippen LogP contribution is -2.43. The van der Waals surface area contributed by atoms with E-state index in [-0.39, 0.29) is 18.3 Å². The Bertz CT molecular complexity index is 1840. The summed E-state index contributed by atoms with van der Waals surface area (Å²) < 4.78 is 60.4. The molecule has 0 unspecified atom stereocenters. The topological polar surface area (TPSA) is 117 Å². The Morgan fingerprint density at radius 3 is 2.37 bits per heavy atom. The van der Waals surface area contributed by atoms with Crippen LogP contribution >= 0.6 is 0 Å². The van der Waals surface area contributed by atoms with Gasteiger partial charge in [0, 0.05) is 36.9 Å². The number of rotatable bonds is 6. The van der Waals surface area contributed by atoms with E-state index in [4.69, 9.17) is 0 Å². The van der Waals surface area contributed by atoms with E-state index in [9.17, 15) is 27.2 Å². The first kappa shape index (κ1) is 24.9. The van der Waals surface area contributed by atoms with E-state index < -0.39 is 46.8 Å². The number of aryl methyl sites for hydroxylation is 3. The standard InChI is InChI=1S/C23H19F4N9O2/c1-11-4-16-12(7-33(2)31-16)6-15(11)29-21-30-22(37)36(9-17-28-10-34(3)32-17)23(38)35(21)8-13-5-14(24)19(26)20(27)18(13)25/h4-7,10H,8-9H2,1-3H3,(H,29,30,37). The summed E-state index contributed by atoms with van der Waals surface area (Å²) in [5, 5.41) is 12.0. The lowest BCUT2D eigenvalue weighted by Gasteiger charge is -2.17. The van der Waals surface area contributed by atoms with E-state index in [1.807, 2.05) is 0 Å². The van der Waals surface area contributed by atoms with E-state index in [1.54, 1.807) is 44.0 Å². The van der Waals surface area contributed by atoms with Crippen molar-refractivity contribution in [3.63, 3.8) is 0 Å². The fourth-order valence-corrected chi connectivity index (χ4v) is 3.96. The maximum Gasteiger partial charge on any atom is 0.355 e. The minimum atomic E-state index is -2.03. The maximum atomic E-state index is 14.6. The Kier molecular flexibility index (Phi) is 6.05. The number of hydrogen-bond donors (Lipinski definition) is 1. The van der Waals surface area contributed by atoms with Crippen molar-refractivity contribution in [1.29, 1.82) is 0 Å². The summed E-state index contributed by atoms with van der Waals surface area (Å²) in [5.41, 5.74) is -0.842. The van der Waals surface area contributed by atoms with E-state index in [2.05, 4.69) is 25.5 Å². The lowest BCUT2D eigenvalue weighted by atomic mass is 10.1. The van der Waals surface area contributed by atoms with Crippen molar-refractivity contribution in [1.82, 2.24) is 38.7 Å². The second-order valence-electron chi connectivity index (χ2n) is 8.62. The Morgan fingerprint density at radius 2 is 1.66 bits per heavy atom. The molecule has 3 aromatic heterocycles. The predicted octanol–water partition coefficient (Wildman–Crippen LogP) is 2.13. The molecule has 0 atom stereocenters. The summed E-state index contributed by atoms with van der Waals surface area (Å²) >= 11 is 0. The van der Waals surface area contributed by atoms with Gasteiger partial charge >= 0.3 is 11.4 Å². The summed E-state index contributed by atoms with van der Waals surface area (Å²) in [6, 6.07) is 3.90. The van der Waals surface area contributed by atoms with Gasteiger partial charge in [-0.25, -0.2) is 36.7 Å². The van der Waals surface area contributed by atoms with Crippen LogP contribution < -0.4 is 16.7 Å². The molecule has 1 N–H and O–H groups in total. The molecule has 0 aliphatic heterocycles. The second-order valence-corrected chi connectivity index (χ2v) is 8.62. The first-order valence-corrected chi connectivity index (χ1v) is 11.1. The van der Waals surface area contributed by atoms with Gasteiger partial charge in [0.25, 0.3) is 0 Å². The molecule has 5 aromatic rings. The SMILES string of the molecule is Cc1cc2nn(C)cc2cc1Nc1nc(=O)n(Cc2ncn(C)n2)c(=O)n1Cc1cc(F)c(F)c(F)c1F. The van der Waals surface area contributed by atoms with Gasteiger partial charge in [0.05, 0.1) is 18.6 Å². The summed E-state index contributed by atoms with van der Waals surface area (Å²) in [6.07, 6.45) is 3.11. The van der Waals surface area contributed by atoms with Gasteiger partial charge in [-0.1, -0.05) is 0 Å². The average molecular weight is 529 g/mol. The van der Waals surface area contributed by atoms with Crippen LogP contribution in [0.25, 0.3) is 10.9 Å². The first-order chi connectivity index (χ1) is 18.0. The van der Waals surface area contributed by atoms with Gasteiger partial charge in [0.2, 0.25) is 5.95 Å². The van der Waals surface area contributed by atoms with Crippen molar-refractivity contribution >= 4 is 22.5 Å². The number of benzene rings is 2. The molecule has 0 fully saturated rings. The summed E-state index contributed by atoms with van der Waals surface area (Å²) in [7, 11) is 3.33. The minimum Gasteiger partial charge on any atom is -0.325 e. The Balaban J connectivity index is 1.66. The molecule has 0 spiro atoms. The highest BCUT2D eigenvalue weighted by molar-refractivity contribution is 5.84. The number of nitrogens with zero attached hydrogens (tertiary/aromatic N) is 8. The van der Waals surface area contributed by atoms with Crippen molar-refractivity contribution in [2.75, 3.05) is 5.32 Å². The molecule has 5 rings (SSSR count). The highest BCUT2D eigenvalue weighted by Crippen LogP contribution is 2.25. The van der Waals surface area contributed by atoms with Crippen LogP contribution in [0.2, 0.25) is 0 Å². The molecule has 0 saturated heterocycles. The maximum absolute atomic E-state index is 14.6. The largest absolute Gasteiger partial charge is 0.355 e. The van der Waals surface area contributed by atoms with Gasteiger partial charge in [-0.2, -0.15) is 15.2 Å². The fraction of sp³-hybridized carbons (Fsp3) is 0.217. The number of aromatic nitrogens is 8. The number of nitrogens with one attached hydrogen (secondary N) is 1. The smallest absolute Gasteiger partial charge is 0.325 e. The third-order valence-electron chi connectivity index (χ3n) is 5.81. The quantitative estimate of drug-likeness (QED) is 0.203. The van der Waals surface area contributed by atoms with Gasteiger partial charge in [0.1, 0.15) is 6.33 Å². The van der Waals surface area contributed by atoms with Gasteiger partial charge in [-0.3, -0.25) is 13.9 Å².